The second kappa shape index (κ2) is 10.1. The molecule has 3 heterocycles. The molecule has 214 valence electrons. The molecule has 0 aliphatic carbocycles. The summed E-state index contributed by atoms with van der Waals surface area (Å²) in [7, 11) is 3.02. The number of nitrogens with one attached hydrogen (secondary N) is 1. The second-order valence-corrected chi connectivity index (χ2v) is 11.3. The minimum Gasteiger partial charge on any atom is -0.493 e. The van der Waals surface area contributed by atoms with Crippen molar-refractivity contribution in [1.82, 2.24) is 4.90 Å². The molecular formula is C35H27ClN2O5. The van der Waals surface area contributed by atoms with Crippen molar-refractivity contribution in [2.75, 3.05) is 19.5 Å². The van der Waals surface area contributed by atoms with Crippen LogP contribution >= 0.6 is 11.6 Å². The number of nitrogens with zero attached hydrogens (tertiary/aromatic N) is 1. The molecule has 3 aliphatic heterocycles. The van der Waals surface area contributed by atoms with Crippen LogP contribution in [0.4, 0.5) is 5.69 Å². The molecule has 4 aromatic rings. The molecule has 4 aromatic carbocycles. The van der Waals surface area contributed by atoms with Gasteiger partial charge in [-0.1, -0.05) is 66.2 Å². The second-order valence-electron chi connectivity index (χ2n) is 10.9. The maximum atomic E-state index is 14.9. The quantitative estimate of drug-likeness (QED) is 0.264. The molecule has 0 saturated carbocycles. The summed E-state index contributed by atoms with van der Waals surface area (Å²) in [6, 6.07) is 25.2. The molecule has 4 atom stereocenters. The van der Waals surface area contributed by atoms with Gasteiger partial charge in [-0.05, 0) is 59.2 Å². The SMILES string of the molecule is COc1ccc(C(=O)C2C(C(=O)c3ccccc3Cl)C3(C(=O)Nc4ccccc43)C3c4ccccc4C=CN23)cc1OC. The number of hydrogen-bond donors (Lipinski definition) is 1. The van der Waals surface area contributed by atoms with Gasteiger partial charge >= 0.3 is 0 Å². The van der Waals surface area contributed by atoms with Crippen LogP contribution in [0.1, 0.15) is 43.4 Å². The predicted octanol–water partition coefficient (Wildman–Crippen LogP) is 6.34. The number of Topliss-reactive ketones (excluding diaryl/α,β-unsaturated/α-hetero) is 2. The van der Waals surface area contributed by atoms with Gasteiger partial charge in [-0.25, -0.2) is 0 Å². The monoisotopic (exact) mass is 590 g/mol. The summed E-state index contributed by atoms with van der Waals surface area (Å²) in [5, 5.41) is 3.31. The fourth-order valence-corrected chi connectivity index (χ4v) is 7.39. The average Bonchev–Trinajstić information content (AvgIpc) is 3.52. The standard InChI is InChI=1S/C35H27ClN2O5/c1-42-27-16-15-21(19-28(27)43-2)31(39)30-29(32(40)23-11-5-7-13-25(23)36)35(24-12-6-8-14-26(24)37-34(35)41)33-22-10-4-3-9-20(22)17-18-38(30)33/h3-19,29-30,33H,1-2H3,(H,37,41). The summed E-state index contributed by atoms with van der Waals surface area (Å²) in [4.78, 5) is 46.1. The van der Waals surface area contributed by atoms with Gasteiger partial charge < -0.3 is 19.7 Å². The van der Waals surface area contributed by atoms with Gasteiger partial charge in [-0.2, -0.15) is 0 Å². The number of ketones is 2. The van der Waals surface area contributed by atoms with Crippen LogP contribution in [0.3, 0.4) is 0 Å². The summed E-state index contributed by atoms with van der Waals surface area (Å²) in [5.74, 6) is -1.31. The zero-order valence-corrected chi connectivity index (χ0v) is 24.2. The highest BCUT2D eigenvalue weighted by Crippen LogP contribution is 2.62. The molecule has 7 rings (SSSR count). The lowest BCUT2D eigenvalue weighted by Crippen LogP contribution is -2.49. The van der Waals surface area contributed by atoms with Gasteiger partial charge in [0.15, 0.2) is 23.1 Å². The third-order valence-corrected chi connectivity index (χ3v) is 9.26. The van der Waals surface area contributed by atoms with Gasteiger partial charge in [-0.15, -0.1) is 0 Å². The molecule has 1 spiro atoms. The minimum atomic E-state index is -1.44. The Morgan fingerprint density at radius 1 is 0.860 bits per heavy atom. The van der Waals surface area contributed by atoms with Gasteiger partial charge in [0, 0.05) is 23.0 Å². The summed E-state index contributed by atoms with van der Waals surface area (Å²) < 4.78 is 10.9. The molecule has 43 heavy (non-hydrogen) atoms. The van der Waals surface area contributed by atoms with Crippen LogP contribution in [0, 0.1) is 5.92 Å². The molecule has 1 amide bonds. The number of fused-ring (bicyclic) bond motifs is 6. The van der Waals surface area contributed by atoms with E-state index in [9.17, 15) is 14.4 Å². The van der Waals surface area contributed by atoms with E-state index in [0.29, 0.717) is 28.3 Å². The van der Waals surface area contributed by atoms with E-state index in [1.54, 1.807) is 42.5 Å². The molecular weight excluding hydrogens is 564 g/mol. The molecule has 8 heteroatoms. The number of carbonyl (C=O) groups is 3. The van der Waals surface area contributed by atoms with E-state index in [1.165, 1.54) is 14.2 Å². The first kappa shape index (κ1) is 27.0. The van der Waals surface area contributed by atoms with Crippen molar-refractivity contribution in [1.29, 1.82) is 0 Å². The van der Waals surface area contributed by atoms with Gasteiger partial charge in [-0.3, -0.25) is 14.4 Å². The van der Waals surface area contributed by atoms with Crippen LogP contribution in [0.2, 0.25) is 5.02 Å². The van der Waals surface area contributed by atoms with Crippen molar-refractivity contribution in [3.05, 3.63) is 130 Å². The van der Waals surface area contributed by atoms with Crippen molar-refractivity contribution < 1.29 is 23.9 Å². The number of methoxy groups -OCH3 is 2. The van der Waals surface area contributed by atoms with Crippen LogP contribution in [-0.4, -0.2) is 42.6 Å². The third kappa shape index (κ3) is 3.78. The van der Waals surface area contributed by atoms with Crippen LogP contribution in [0.15, 0.2) is 97.2 Å². The van der Waals surface area contributed by atoms with E-state index in [0.717, 1.165) is 11.1 Å². The highest BCUT2D eigenvalue weighted by Gasteiger charge is 2.70. The minimum absolute atomic E-state index is 0.257. The largest absolute Gasteiger partial charge is 0.493 e. The Balaban J connectivity index is 1.53. The normalized spacial score (nSPS) is 22.9. The number of amides is 1. The molecule has 4 unspecified atom stereocenters. The first-order valence-corrected chi connectivity index (χ1v) is 14.3. The van der Waals surface area contributed by atoms with Crippen LogP contribution < -0.4 is 14.8 Å². The van der Waals surface area contributed by atoms with Gasteiger partial charge in [0.05, 0.1) is 31.2 Å². The van der Waals surface area contributed by atoms with E-state index < -0.39 is 23.4 Å². The molecule has 1 saturated heterocycles. The lowest BCUT2D eigenvalue weighted by atomic mass is 9.62. The van der Waals surface area contributed by atoms with E-state index >= 15 is 0 Å². The number of benzene rings is 4. The van der Waals surface area contributed by atoms with Gasteiger partial charge in [0.2, 0.25) is 5.91 Å². The van der Waals surface area contributed by atoms with Crippen molar-refractivity contribution in [3.8, 4) is 11.5 Å². The highest BCUT2D eigenvalue weighted by atomic mass is 35.5. The lowest BCUT2D eigenvalue weighted by molar-refractivity contribution is -0.122. The Bertz CT molecular complexity index is 1850. The van der Waals surface area contributed by atoms with Crippen molar-refractivity contribution in [2.45, 2.75) is 17.5 Å². The number of hydrogen-bond acceptors (Lipinski definition) is 6. The molecule has 1 fully saturated rings. The number of halogens is 1. The van der Waals surface area contributed by atoms with Crippen molar-refractivity contribution >= 4 is 40.8 Å². The molecule has 0 bridgehead atoms. The third-order valence-electron chi connectivity index (χ3n) is 8.93. The summed E-state index contributed by atoms with van der Waals surface area (Å²) >= 11 is 6.62. The number of ether oxygens (including phenoxy) is 2. The van der Waals surface area contributed by atoms with Crippen molar-refractivity contribution in [3.63, 3.8) is 0 Å². The number of anilines is 1. The average molecular weight is 591 g/mol. The number of para-hydroxylation sites is 1. The topological polar surface area (TPSA) is 84.9 Å². The fraction of sp³-hybridized carbons (Fsp3) is 0.171. The Kier molecular flexibility index (Phi) is 6.36. The molecule has 1 N–H and O–H groups in total. The maximum Gasteiger partial charge on any atom is 0.238 e. The van der Waals surface area contributed by atoms with E-state index in [-0.39, 0.29) is 28.1 Å². The van der Waals surface area contributed by atoms with Gasteiger partial charge in [0.1, 0.15) is 11.5 Å². The first-order chi connectivity index (χ1) is 20.9. The smallest absolute Gasteiger partial charge is 0.238 e. The van der Waals surface area contributed by atoms with E-state index in [4.69, 9.17) is 21.1 Å². The fourth-order valence-electron chi connectivity index (χ4n) is 7.16. The Morgan fingerprint density at radius 3 is 2.37 bits per heavy atom. The molecule has 7 nitrogen and oxygen atoms in total. The zero-order valence-electron chi connectivity index (χ0n) is 23.4. The summed E-state index contributed by atoms with van der Waals surface area (Å²) in [6.45, 7) is 0. The van der Waals surface area contributed by atoms with Crippen LogP contribution in [-0.2, 0) is 10.2 Å². The maximum absolute atomic E-state index is 14.9. The lowest BCUT2D eigenvalue weighted by Gasteiger charge is -2.38. The first-order valence-electron chi connectivity index (χ1n) is 13.9. The van der Waals surface area contributed by atoms with E-state index in [1.807, 2.05) is 65.7 Å². The zero-order chi connectivity index (χ0) is 29.9. The van der Waals surface area contributed by atoms with Gasteiger partial charge in [0.25, 0.3) is 0 Å². The summed E-state index contributed by atoms with van der Waals surface area (Å²) in [6.07, 6.45) is 3.77. The molecule has 0 aromatic heterocycles. The number of carbonyl (C=O) groups excluding carboxylic acids is 3. The van der Waals surface area contributed by atoms with Crippen LogP contribution in [0.5, 0.6) is 11.5 Å². The van der Waals surface area contributed by atoms with E-state index in [2.05, 4.69) is 5.32 Å². The van der Waals surface area contributed by atoms with Crippen LogP contribution in [0.25, 0.3) is 6.08 Å². The highest BCUT2D eigenvalue weighted by molar-refractivity contribution is 6.34. The summed E-state index contributed by atoms with van der Waals surface area (Å²) in [5.41, 5.74) is 2.22. The predicted molar refractivity (Wildman–Crippen MR) is 164 cm³/mol. The number of rotatable bonds is 6. The van der Waals surface area contributed by atoms with Crippen molar-refractivity contribution in [2.24, 2.45) is 5.92 Å². The Labute approximate surface area is 253 Å². The Hall–Kier alpha value is -4.88. The molecule has 0 radical (unpaired) electrons. The Morgan fingerprint density at radius 2 is 1.58 bits per heavy atom. The molecule has 3 aliphatic rings.